The summed E-state index contributed by atoms with van der Waals surface area (Å²) in [7, 11) is 0. The molecule has 1 N–H and O–H groups in total. The van der Waals surface area contributed by atoms with E-state index in [1.165, 1.54) is 6.39 Å². The van der Waals surface area contributed by atoms with Crippen molar-refractivity contribution in [3.8, 4) is 0 Å². The van der Waals surface area contributed by atoms with E-state index in [0.29, 0.717) is 35.9 Å². The predicted octanol–water partition coefficient (Wildman–Crippen LogP) is 2.82. The largest absolute Gasteiger partial charge is 0.448 e. The molecule has 1 atom stereocenters. The van der Waals surface area contributed by atoms with E-state index in [1.807, 2.05) is 19.1 Å². The lowest BCUT2D eigenvalue weighted by Gasteiger charge is -2.33. The molecule has 0 saturated carbocycles. The van der Waals surface area contributed by atoms with E-state index in [4.69, 9.17) is 16.0 Å². The number of hydrogen-bond donors (Lipinski definition) is 1. The van der Waals surface area contributed by atoms with E-state index in [2.05, 4.69) is 10.3 Å². The van der Waals surface area contributed by atoms with Gasteiger partial charge in [-0.1, -0.05) is 30.7 Å². The number of amides is 2. The molecule has 1 aliphatic rings. The van der Waals surface area contributed by atoms with Gasteiger partial charge < -0.3 is 14.6 Å². The number of hydrogen-bond acceptors (Lipinski definition) is 4. The van der Waals surface area contributed by atoms with Crippen LogP contribution < -0.4 is 10.2 Å². The molecule has 24 heavy (non-hydrogen) atoms. The second-order valence-electron chi connectivity index (χ2n) is 5.59. The smallest absolute Gasteiger partial charge is 0.274 e. The Morgan fingerprint density at radius 3 is 3.00 bits per heavy atom. The highest BCUT2D eigenvalue weighted by Gasteiger charge is 2.32. The Labute approximate surface area is 144 Å². The first-order chi connectivity index (χ1) is 11.6. The van der Waals surface area contributed by atoms with Crippen molar-refractivity contribution < 1.29 is 14.0 Å². The highest BCUT2D eigenvalue weighted by Crippen LogP contribution is 2.28. The number of anilines is 1. The van der Waals surface area contributed by atoms with Crippen molar-refractivity contribution in [2.45, 2.75) is 32.2 Å². The molecule has 0 radical (unpaired) electrons. The summed E-state index contributed by atoms with van der Waals surface area (Å²) in [5.41, 5.74) is 0.902. The molecule has 1 fully saturated rings. The van der Waals surface area contributed by atoms with Gasteiger partial charge in [0.2, 0.25) is 5.91 Å². The van der Waals surface area contributed by atoms with E-state index in [-0.39, 0.29) is 17.5 Å². The zero-order chi connectivity index (χ0) is 17.1. The predicted molar refractivity (Wildman–Crippen MR) is 90.2 cm³/mol. The molecule has 1 aromatic carbocycles. The third kappa shape index (κ3) is 3.14. The molecule has 2 heterocycles. The minimum absolute atomic E-state index is 0.163. The number of para-hydroxylation sites is 1. The highest BCUT2D eigenvalue weighted by atomic mass is 35.5. The van der Waals surface area contributed by atoms with Crippen molar-refractivity contribution in [3.05, 3.63) is 47.1 Å². The normalized spacial score (nSPS) is 17.8. The first-order valence-electron chi connectivity index (χ1n) is 7.91. The fourth-order valence-corrected chi connectivity index (χ4v) is 3.09. The van der Waals surface area contributed by atoms with Crippen LogP contribution in [0.2, 0.25) is 5.02 Å². The number of nitrogens with one attached hydrogen (secondary N) is 1. The second-order valence-corrected chi connectivity index (χ2v) is 5.99. The Morgan fingerprint density at radius 2 is 2.25 bits per heavy atom. The average Bonchev–Trinajstić information content (AvgIpc) is 3.06. The molecule has 2 aromatic rings. The number of nitrogens with zero attached hydrogens (tertiary/aromatic N) is 2. The van der Waals surface area contributed by atoms with Crippen LogP contribution in [0.1, 0.15) is 36.0 Å². The zero-order valence-corrected chi connectivity index (χ0v) is 14.0. The molecular formula is C17H18ClN3O3. The lowest BCUT2D eigenvalue weighted by atomic mass is 10.0. The first-order valence-corrected chi connectivity index (χ1v) is 8.28. The number of rotatable bonds is 4. The van der Waals surface area contributed by atoms with E-state index in [9.17, 15) is 9.59 Å². The van der Waals surface area contributed by atoms with Crippen LogP contribution in [0.15, 0.2) is 35.1 Å². The standard InChI is InChI=1S/C17H18ClN3O3/c1-2-14-15(19-10-24-14)16(22)20-12-7-5-9-21(17(12)23)13-8-4-3-6-11(13)18/h3-4,6,8,10,12H,2,5,7,9H2,1H3,(H,20,22)/t12-/m1/s1. The van der Waals surface area contributed by atoms with Gasteiger partial charge in [-0.2, -0.15) is 0 Å². The van der Waals surface area contributed by atoms with Gasteiger partial charge in [0.15, 0.2) is 12.1 Å². The number of aromatic nitrogens is 1. The molecule has 0 bridgehead atoms. The molecule has 0 aliphatic carbocycles. The molecule has 6 nitrogen and oxygen atoms in total. The maximum atomic E-state index is 12.7. The topological polar surface area (TPSA) is 75.4 Å². The maximum Gasteiger partial charge on any atom is 0.274 e. The van der Waals surface area contributed by atoms with Crippen LogP contribution >= 0.6 is 11.6 Å². The van der Waals surface area contributed by atoms with Crippen molar-refractivity contribution in [1.82, 2.24) is 10.3 Å². The molecule has 2 amide bonds. The Kier molecular flexibility index (Phi) is 4.85. The molecule has 7 heteroatoms. The Balaban J connectivity index is 1.76. The number of halogens is 1. The zero-order valence-electron chi connectivity index (χ0n) is 13.3. The van der Waals surface area contributed by atoms with Crippen molar-refractivity contribution in [3.63, 3.8) is 0 Å². The van der Waals surface area contributed by atoms with Crippen LogP contribution in [0, 0.1) is 0 Å². The SMILES string of the molecule is CCc1ocnc1C(=O)N[C@@H]1CCCN(c2ccccc2Cl)C1=O. The lowest BCUT2D eigenvalue weighted by molar-refractivity contribution is -0.121. The van der Waals surface area contributed by atoms with Crippen LogP contribution in [-0.4, -0.2) is 29.4 Å². The molecule has 1 aromatic heterocycles. The number of aryl methyl sites for hydroxylation is 1. The average molecular weight is 348 g/mol. The Hall–Kier alpha value is -2.34. The van der Waals surface area contributed by atoms with Gasteiger partial charge >= 0.3 is 0 Å². The van der Waals surface area contributed by atoms with E-state index in [1.54, 1.807) is 17.0 Å². The number of benzene rings is 1. The summed E-state index contributed by atoms with van der Waals surface area (Å²) >= 11 is 6.19. The molecular weight excluding hydrogens is 330 g/mol. The summed E-state index contributed by atoms with van der Waals surface area (Å²) in [6, 6.07) is 6.60. The minimum atomic E-state index is -0.594. The highest BCUT2D eigenvalue weighted by molar-refractivity contribution is 6.33. The molecule has 0 spiro atoms. The Morgan fingerprint density at radius 1 is 1.46 bits per heavy atom. The lowest BCUT2D eigenvalue weighted by Crippen LogP contribution is -2.52. The van der Waals surface area contributed by atoms with Gasteiger partial charge in [0.05, 0.1) is 10.7 Å². The summed E-state index contributed by atoms with van der Waals surface area (Å²) in [6.45, 7) is 2.46. The summed E-state index contributed by atoms with van der Waals surface area (Å²) in [4.78, 5) is 30.7. The maximum absolute atomic E-state index is 12.7. The monoisotopic (exact) mass is 347 g/mol. The molecule has 3 rings (SSSR count). The second kappa shape index (κ2) is 7.05. The van der Waals surface area contributed by atoms with E-state index < -0.39 is 6.04 Å². The van der Waals surface area contributed by atoms with E-state index in [0.717, 1.165) is 6.42 Å². The van der Waals surface area contributed by atoms with Crippen LogP contribution in [-0.2, 0) is 11.2 Å². The van der Waals surface area contributed by atoms with Gasteiger partial charge in [0, 0.05) is 13.0 Å². The Bertz CT molecular complexity index is 759. The molecule has 0 unspecified atom stereocenters. The summed E-state index contributed by atoms with van der Waals surface area (Å²) in [6.07, 6.45) is 3.17. The van der Waals surface area contributed by atoms with Crippen molar-refractivity contribution in [2.75, 3.05) is 11.4 Å². The van der Waals surface area contributed by atoms with E-state index >= 15 is 0 Å². The van der Waals surface area contributed by atoms with Gasteiger partial charge in [-0.15, -0.1) is 0 Å². The fourth-order valence-electron chi connectivity index (χ4n) is 2.85. The van der Waals surface area contributed by atoms with Crippen LogP contribution in [0.25, 0.3) is 0 Å². The molecule has 1 saturated heterocycles. The van der Waals surface area contributed by atoms with Crippen LogP contribution in [0.5, 0.6) is 0 Å². The number of carbonyl (C=O) groups excluding carboxylic acids is 2. The minimum Gasteiger partial charge on any atom is -0.448 e. The number of piperidine rings is 1. The molecule has 126 valence electrons. The van der Waals surface area contributed by atoms with Crippen molar-refractivity contribution in [2.24, 2.45) is 0 Å². The van der Waals surface area contributed by atoms with Gasteiger partial charge in [-0.25, -0.2) is 4.98 Å². The van der Waals surface area contributed by atoms with Crippen molar-refractivity contribution in [1.29, 1.82) is 0 Å². The molecule has 1 aliphatic heterocycles. The number of carbonyl (C=O) groups is 2. The first kappa shape index (κ1) is 16.5. The van der Waals surface area contributed by atoms with Crippen LogP contribution in [0.4, 0.5) is 5.69 Å². The van der Waals surface area contributed by atoms with Crippen molar-refractivity contribution >= 4 is 29.1 Å². The van der Waals surface area contributed by atoms with Crippen LogP contribution in [0.3, 0.4) is 0 Å². The van der Waals surface area contributed by atoms with Gasteiger partial charge in [0.25, 0.3) is 5.91 Å². The fraction of sp³-hybridized carbons (Fsp3) is 0.353. The third-order valence-corrected chi connectivity index (χ3v) is 4.38. The quantitative estimate of drug-likeness (QED) is 0.922. The van der Waals surface area contributed by atoms with Gasteiger partial charge in [-0.05, 0) is 25.0 Å². The summed E-state index contributed by atoms with van der Waals surface area (Å²) in [5.74, 6) is -0.0390. The van der Waals surface area contributed by atoms with Gasteiger partial charge in [0.1, 0.15) is 11.8 Å². The number of oxazole rings is 1. The van der Waals surface area contributed by atoms with Gasteiger partial charge in [-0.3, -0.25) is 9.59 Å². The third-order valence-electron chi connectivity index (χ3n) is 4.06. The summed E-state index contributed by atoms with van der Waals surface area (Å²) < 4.78 is 5.17. The summed E-state index contributed by atoms with van der Waals surface area (Å²) in [5, 5.41) is 3.29.